The predicted molar refractivity (Wildman–Crippen MR) is 132 cm³/mol. The molecule has 1 aliphatic rings. The molecule has 0 amide bonds. The number of hydrogen-bond acceptors (Lipinski definition) is 5. The molecule has 1 aliphatic heterocycles. The first-order valence-corrected chi connectivity index (χ1v) is 10.0. The summed E-state index contributed by atoms with van der Waals surface area (Å²) in [6, 6.07) is 9.87. The van der Waals surface area contributed by atoms with Crippen LogP contribution in [0.3, 0.4) is 0 Å². The van der Waals surface area contributed by atoms with Gasteiger partial charge in [-0.25, -0.2) is 9.97 Å². The maximum atomic E-state index is 5.41. The third kappa shape index (κ3) is 7.06. The second-order valence-corrected chi connectivity index (χ2v) is 6.65. The summed E-state index contributed by atoms with van der Waals surface area (Å²) < 4.78 is 5.41. The molecule has 0 bridgehead atoms. The lowest BCUT2D eigenvalue weighted by Gasteiger charge is -2.36. The van der Waals surface area contributed by atoms with Crippen LogP contribution in [0.5, 0.6) is 5.75 Å². The van der Waals surface area contributed by atoms with Crippen LogP contribution >= 0.6 is 24.0 Å². The van der Waals surface area contributed by atoms with E-state index < -0.39 is 0 Å². The van der Waals surface area contributed by atoms with Gasteiger partial charge in [0.1, 0.15) is 12.4 Å². The van der Waals surface area contributed by atoms with Gasteiger partial charge in [-0.1, -0.05) is 18.1 Å². The Bertz CT molecular complexity index is 814. The third-order valence-electron chi connectivity index (χ3n) is 4.66. The number of aliphatic imine (C=N–C) groups is 1. The fraction of sp³-hybridized carbons (Fsp3) is 0.409. The molecule has 1 aromatic heterocycles. The Kier molecular flexibility index (Phi) is 10.2. The van der Waals surface area contributed by atoms with E-state index in [1.165, 1.54) is 5.56 Å². The maximum absolute atomic E-state index is 5.41. The number of piperazine rings is 1. The van der Waals surface area contributed by atoms with E-state index in [4.69, 9.17) is 16.2 Å². The van der Waals surface area contributed by atoms with Gasteiger partial charge in [0.25, 0.3) is 0 Å². The fourth-order valence-corrected chi connectivity index (χ4v) is 3.17. The highest BCUT2D eigenvalue weighted by atomic mass is 127. The van der Waals surface area contributed by atoms with Crippen LogP contribution in [0.1, 0.15) is 12.5 Å². The highest BCUT2D eigenvalue weighted by Gasteiger charge is 2.20. The lowest BCUT2D eigenvalue weighted by atomic mass is 10.1. The van der Waals surface area contributed by atoms with E-state index in [2.05, 4.69) is 50.1 Å². The first-order chi connectivity index (χ1) is 14.3. The molecule has 7 nitrogen and oxygen atoms in total. The SMILES string of the molecule is C#CCOc1ccc(CCN=C(NCC)N2CCN(c3ncccn3)CC2)cc1.I. The molecule has 1 aromatic carbocycles. The molecule has 160 valence electrons. The number of halogens is 1. The number of aromatic nitrogens is 2. The molecule has 0 unspecified atom stereocenters. The first kappa shape index (κ1) is 23.7. The third-order valence-corrected chi connectivity index (χ3v) is 4.66. The molecule has 0 saturated carbocycles. The van der Waals surface area contributed by atoms with Gasteiger partial charge in [0, 0.05) is 51.7 Å². The zero-order valence-corrected chi connectivity index (χ0v) is 19.7. The summed E-state index contributed by atoms with van der Waals surface area (Å²) in [6.45, 7) is 7.52. The summed E-state index contributed by atoms with van der Waals surface area (Å²) in [6.07, 6.45) is 9.66. The molecule has 0 spiro atoms. The van der Waals surface area contributed by atoms with Crippen molar-refractivity contribution in [3.63, 3.8) is 0 Å². The molecule has 2 aromatic rings. The molecule has 30 heavy (non-hydrogen) atoms. The standard InChI is InChI=1S/C22H28N6O.HI/c1-3-18-29-20-8-6-19(7-9-20)10-13-26-21(23-4-2)27-14-16-28(17-15-27)22-24-11-5-12-25-22;/h1,5-9,11-12H,4,10,13-18H2,2H3,(H,23,26);1H. The average Bonchev–Trinajstić information content (AvgIpc) is 2.79. The van der Waals surface area contributed by atoms with E-state index in [0.29, 0.717) is 6.61 Å². The number of rotatable bonds is 7. The lowest BCUT2D eigenvalue weighted by molar-refractivity contribution is 0.370. The van der Waals surface area contributed by atoms with Crippen LogP contribution in [0.4, 0.5) is 5.95 Å². The zero-order valence-electron chi connectivity index (χ0n) is 17.3. The second kappa shape index (κ2) is 12.9. The van der Waals surface area contributed by atoms with Crippen molar-refractivity contribution >= 4 is 35.9 Å². The van der Waals surface area contributed by atoms with Crippen molar-refractivity contribution in [3.8, 4) is 18.1 Å². The summed E-state index contributed by atoms with van der Waals surface area (Å²) in [5, 5.41) is 3.41. The van der Waals surface area contributed by atoms with Gasteiger partial charge in [-0.3, -0.25) is 4.99 Å². The minimum absolute atomic E-state index is 0. The van der Waals surface area contributed by atoms with Crippen LogP contribution in [0.15, 0.2) is 47.7 Å². The van der Waals surface area contributed by atoms with Crippen molar-refractivity contribution in [2.75, 3.05) is 50.8 Å². The molecule has 8 heteroatoms. The van der Waals surface area contributed by atoms with Crippen molar-refractivity contribution in [1.29, 1.82) is 0 Å². The molecule has 0 aliphatic carbocycles. The number of guanidine groups is 1. The van der Waals surface area contributed by atoms with E-state index in [1.807, 2.05) is 18.2 Å². The quantitative estimate of drug-likeness (QED) is 0.262. The van der Waals surface area contributed by atoms with E-state index in [1.54, 1.807) is 12.4 Å². The molecular formula is C22H29IN6O. The molecule has 0 atom stereocenters. The molecule has 1 fully saturated rings. The number of benzene rings is 1. The van der Waals surface area contributed by atoms with Gasteiger partial charge in [-0.05, 0) is 37.1 Å². The van der Waals surface area contributed by atoms with E-state index in [0.717, 1.165) is 63.3 Å². The monoisotopic (exact) mass is 520 g/mol. The molecule has 1 N–H and O–H groups in total. The van der Waals surface area contributed by atoms with Gasteiger partial charge >= 0.3 is 0 Å². The molecule has 2 heterocycles. The summed E-state index contributed by atoms with van der Waals surface area (Å²) in [7, 11) is 0. The van der Waals surface area contributed by atoms with Gasteiger partial charge in [-0.15, -0.1) is 30.4 Å². The molecular weight excluding hydrogens is 491 g/mol. The van der Waals surface area contributed by atoms with E-state index >= 15 is 0 Å². The number of terminal acetylenes is 1. The number of ether oxygens (including phenoxy) is 1. The topological polar surface area (TPSA) is 65.9 Å². The minimum Gasteiger partial charge on any atom is -0.481 e. The van der Waals surface area contributed by atoms with E-state index in [9.17, 15) is 0 Å². The van der Waals surface area contributed by atoms with Crippen LogP contribution in [0, 0.1) is 12.3 Å². The van der Waals surface area contributed by atoms with Crippen LogP contribution in [-0.2, 0) is 6.42 Å². The maximum Gasteiger partial charge on any atom is 0.225 e. The smallest absolute Gasteiger partial charge is 0.225 e. The van der Waals surface area contributed by atoms with Gasteiger partial charge < -0.3 is 19.9 Å². The number of nitrogens with one attached hydrogen (secondary N) is 1. The summed E-state index contributed by atoms with van der Waals surface area (Å²) >= 11 is 0. The van der Waals surface area contributed by atoms with Gasteiger partial charge in [-0.2, -0.15) is 0 Å². The van der Waals surface area contributed by atoms with Crippen molar-refractivity contribution in [3.05, 3.63) is 48.3 Å². The Labute approximate surface area is 196 Å². The van der Waals surface area contributed by atoms with Gasteiger partial charge in [0.05, 0.1) is 0 Å². The number of hydrogen-bond donors (Lipinski definition) is 1. The Morgan fingerprint density at radius 1 is 1.17 bits per heavy atom. The van der Waals surface area contributed by atoms with Crippen molar-refractivity contribution in [1.82, 2.24) is 20.2 Å². The lowest BCUT2D eigenvalue weighted by Crippen LogP contribution is -2.53. The first-order valence-electron chi connectivity index (χ1n) is 10.0. The summed E-state index contributed by atoms with van der Waals surface area (Å²) in [4.78, 5) is 18.0. The Hall–Kier alpha value is -2.54. The number of nitrogens with zero attached hydrogens (tertiary/aromatic N) is 5. The highest BCUT2D eigenvalue weighted by Crippen LogP contribution is 2.13. The van der Waals surface area contributed by atoms with Gasteiger partial charge in [0.2, 0.25) is 5.95 Å². The largest absolute Gasteiger partial charge is 0.481 e. The Morgan fingerprint density at radius 3 is 2.50 bits per heavy atom. The van der Waals surface area contributed by atoms with Crippen molar-refractivity contribution < 1.29 is 4.74 Å². The molecule has 0 radical (unpaired) electrons. The minimum atomic E-state index is 0. The predicted octanol–water partition coefficient (Wildman–Crippen LogP) is 2.44. The average molecular weight is 520 g/mol. The highest BCUT2D eigenvalue weighted by molar-refractivity contribution is 14.0. The fourth-order valence-electron chi connectivity index (χ4n) is 3.17. The molecule has 1 saturated heterocycles. The Balaban J connectivity index is 0.00000320. The Morgan fingerprint density at radius 2 is 1.87 bits per heavy atom. The van der Waals surface area contributed by atoms with Crippen LogP contribution in [-0.4, -0.2) is 66.7 Å². The second-order valence-electron chi connectivity index (χ2n) is 6.65. The zero-order chi connectivity index (χ0) is 20.3. The van der Waals surface area contributed by atoms with Crippen molar-refractivity contribution in [2.24, 2.45) is 4.99 Å². The van der Waals surface area contributed by atoms with Crippen LogP contribution in [0.2, 0.25) is 0 Å². The normalized spacial score (nSPS) is 13.9. The summed E-state index contributed by atoms with van der Waals surface area (Å²) in [5.74, 6) is 5.03. The molecule has 3 rings (SSSR count). The van der Waals surface area contributed by atoms with Crippen LogP contribution < -0.4 is 15.0 Å². The van der Waals surface area contributed by atoms with E-state index in [-0.39, 0.29) is 24.0 Å². The van der Waals surface area contributed by atoms with Gasteiger partial charge in [0.15, 0.2) is 5.96 Å². The summed E-state index contributed by atoms with van der Waals surface area (Å²) in [5.41, 5.74) is 1.23. The number of anilines is 1. The van der Waals surface area contributed by atoms with Crippen LogP contribution in [0.25, 0.3) is 0 Å². The van der Waals surface area contributed by atoms with Crippen molar-refractivity contribution in [2.45, 2.75) is 13.3 Å².